The number of methoxy groups -OCH3 is 1. The largest absolute Gasteiger partial charge is 0.492 e. The zero-order valence-corrected chi connectivity index (χ0v) is 22.6. The highest BCUT2D eigenvalue weighted by atomic mass is 32.2. The summed E-state index contributed by atoms with van der Waals surface area (Å²) < 4.78 is 68.1. The van der Waals surface area contributed by atoms with Crippen molar-refractivity contribution >= 4 is 28.6 Å². The van der Waals surface area contributed by atoms with Gasteiger partial charge in [-0.05, 0) is 48.0 Å². The van der Waals surface area contributed by atoms with Crippen LogP contribution in [0.25, 0.3) is 0 Å². The van der Waals surface area contributed by atoms with E-state index >= 15 is 0 Å². The zero-order chi connectivity index (χ0) is 30.0. The summed E-state index contributed by atoms with van der Waals surface area (Å²) in [7, 11) is 1.38. The van der Waals surface area contributed by atoms with Gasteiger partial charge in [-0.15, -0.1) is 0 Å². The number of nitrogens with zero attached hydrogens (tertiary/aromatic N) is 2. The molecule has 42 heavy (non-hydrogen) atoms. The maximum absolute atomic E-state index is 14.7. The quantitative estimate of drug-likeness (QED) is 0.246. The van der Waals surface area contributed by atoms with E-state index in [1.54, 1.807) is 42.5 Å². The topological polar surface area (TPSA) is 94.2 Å². The fourth-order valence-electron chi connectivity index (χ4n) is 4.29. The molecule has 1 heterocycles. The molecule has 0 spiro atoms. The lowest BCUT2D eigenvalue weighted by molar-refractivity contribution is 0.0737. The highest BCUT2D eigenvalue weighted by Crippen LogP contribution is 2.48. The number of primary amides is 1. The number of hydrazone groups is 1. The van der Waals surface area contributed by atoms with Gasteiger partial charge in [0.25, 0.3) is 5.91 Å². The molecule has 0 bridgehead atoms. The highest BCUT2D eigenvalue weighted by Gasteiger charge is 2.39. The average molecular weight is 596 g/mol. The molecule has 5 rings (SSSR count). The first-order chi connectivity index (χ1) is 20.2. The van der Waals surface area contributed by atoms with E-state index in [1.807, 2.05) is 0 Å². The van der Waals surface area contributed by atoms with Crippen LogP contribution in [0.4, 0.5) is 17.6 Å². The first kappa shape index (κ1) is 28.7. The third-order valence-electron chi connectivity index (χ3n) is 6.25. The fraction of sp³-hybridized carbons (Fsp3) is 0.100. The van der Waals surface area contributed by atoms with E-state index in [9.17, 15) is 27.2 Å². The summed E-state index contributed by atoms with van der Waals surface area (Å²) >= 11 is 1.05. The number of benzene rings is 4. The molecule has 12 heteroatoms. The van der Waals surface area contributed by atoms with Crippen LogP contribution in [-0.2, 0) is 6.61 Å². The summed E-state index contributed by atoms with van der Waals surface area (Å²) in [5.41, 5.74) is 6.13. The molecule has 1 atom stereocenters. The Kier molecular flexibility index (Phi) is 8.16. The molecule has 0 radical (unpaired) electrons. The van der Waals surface area contributed by atoms with Crippen molar-refractivity contribution in [3.8, 4) is 11.5 Å². The second-order valence-corrected chi connectivity index (χ2v) is 10.1. The number of carbonyl (C=O) groups excluding carboxylic acids is 2. The van der Waals surface area contributed by atoms with Crippen LogP contribution in [0, 0.1) is 23.3 Å². The van der Waals surface area contributed by atoms with Crippen LogP contribution in [0.1, 0.15) is 42.8 Å². The summed E-state index contributed by atoms with van der Waals surface area (Å²) in [4.78, 5) is 25.1. The third-order valence-corrected chi connectivity index (χ3v) is 7.47. The maximum atomic E-state index is 14.7. The molecule has 0 saturated heterocycles. The Morgan fingerprint density at radius 1 is 0.929 bits per heavy atom. The van der Waals surface area contributed by atoms with Gasteiger partial charge >= 0.3 is 0 Å². The minimum Gasteiger partial charge on any atom is -0.492 e. The molecule has 2 amide bonds. The molecule has 0 aromatic heterocycles. The van der Waals surface area contributed by atoms with Crippen molar-refractivity contribution in [2.45, 2.75) is 12.0 Å². The second-order valence-electron chi connectivity index (χ2n) is 9.01. The van der Waals surface area contributed by atoms with Crippen LogP contribution in [0.5, 0.6) is 11.5 Å². The van der Waals surface area contributed by atoms with Gasteiger partial charge in [-0.2, -0.15) is 5.10 Å². The van der Waals surface area contributed by atoms with Gasteiger partial charge in [0.15, 0.2) is 11.5 Å². The molecule has 0 unspecified atom stereocenters. The lowest BCUT2D eigenvalue weighted by Gasteiger charge is -2.24. The van der Waals surface area contributed by atoms with Crippen LogP contribution in [0.3, 0.4) is 0 Å². The van der Waals surface area contributed by atoms with Crippen LogP contribution in [0.2, 0.25) is 0 Å². The van der Waals surface area contributed by atoms with Crippen molar-refractivity contribution in [3.63, 3.8) is 0 Å². The molecule has 0 fully saturated rings. The van der Waals surface area contributed by atoms with E-state index in [4.69, 9.17) is 15.2 Å². The van der Waals surface area contributed by atoms with Crippen molar-refractivity contribution in [1.82, 2.24) is 5.01 Å². The molecule has 7 nitrogen and oxygen atoms in total. The number of amides is 2. The van der Waals surface area contributed by atoms with E-state index in [-0.39, 0.29) is 23.1 Å². The van der Waals surface area contributed by atoms with Crippen LogP contribution in [0.15, 0.2) is 84.0 Å². The third kappa shape index (κ3) is 5.79. The Morgan fingerprint density at radius 3 is 2.29 bits per heavy atom. The van der Waals surface area contributed by atoms with Crippen molar-refractivity contribution in [1.29, 1.82) is 0 Å². The second kappa shape index (κ2) is 12.0. The number of para-hydroxylation sites is 1. The summed E-state index contributed by atoms with van der Waals surface area (Å²) in [6.07, 6.45) is 0. The van der Waals surface area contributed by atoms with Gasteiger partial charge in [-0.3, -0.25) is 9.59 Å². The SMILES string of the molecule is COc1c(OCc2cccc(C(N)=O)c2)cccc1[C@H]1SC(c2ccc(F)cc2)=NN1C(=O)c1c(F)cc(F)cc1F. The maximum Gasteiger partial charge on any atom is 0.281 e. The Hall–Kier alpha value is -4.84. The minimum absolute atomic E-state index is 0.0325. The number of nitrogens with two attached hydrogens (primary N) is 1. The van der Waals surface area contributed by atoms with E-state index < -0.39 is 46.0 Å². The Balaban J connectivity index is 1.53. The van der Waals surface area contributed by atoms with Crippen molar-refractivity contribution in [2.75, 3.05) is 7.11 Å². The summed E-state index contributed by atoms with van der Waals surface area (Å²) in [5, 5.41) is 4.43. The smallest absolute Gasteiger partial charge is 0.281 e. The number of rotatable bonds is 8. The van der Waals surface area contributed by atoms with Crippen LogP contribution in [-0.4, -0.2) is 29.0 Å². The monoisotopic (exact) mass is 595 g/mol. The standard InChI is InChI=1S/C30H21F4N3O4S/c1-40-26-21(6-3-7-24(26)41-15-16-4-2-5-18(12-16)27(35)38)30-37(29(39)25-22(33)13-20(32)14-23(25)34)36-28(42-30)17-8-10-19(31)11-9-17/h2-14,30H,15H2,1H3,(H2,35,38)/t30-/m1/s1. The minimum atomic E-state index is -1.39. The first-order valence-corrected chi connectivity index (χ1v) is 13.2. The summed E-state index contributed by atoms with van der Waals surface area (Å²) in [6, 6.07) is 17.5. The molecular weight excluding hydrogens is 574 g/mol. The molecule has 0 saturated carbocycles. The average Bonchev–Trinajstić information content (AvgIpc) is 3.41. The molecule has 4 aromatic carbocycles. The van der Waals surface area contributed by atoms with Crippen molar-refractivity contribution < 1.29 is 36.6 Å². The Morgan fingerprint density at radius 2 is 1.62 bits per heavy atom. The van der Waals surface area contributed by atoms with Gasteiger partial charge < -0.3 is 15.2 Å². The molecular formula is C30H21F4N3O4S. The van der Waals surface area contributed by atoms with Crippen molar-refractivity contribution in [2.24, 2.45) is 10.8 Å². The molecule has 4 aromatic rings. The molecule has 214 valence electrons. The van der Waals surface area contributed by atoms with Crippen LogP contribution < -0.4 is 15.2 Å². The normalized spacial score (nSPS) is 14.5. The van der Waals surface area contributed by atoms with E-state index in [2.05, 4.69) is 5.10 Å². The molecule has 1 aliphatic heterocycles. The number of hydrogen-bond donors (Lipinski definition) is 1. The van der Waals surface area contributed by atoms with Crippen molar-refractivity contribution in [3.05, 3.63) is 130 Å². The Labute approximate surface area is 241 Å². The molecule has 0 aliphatic carbocycles. The van der Waals surface area contributed by atoms with Gasteiger partial charge in [0.05, 0.1) is 7.11 Å². The lowest BCUT2D eigenvalue weighted by Crippen LogP contribution is -2.28. The number of hydrogen-bond acceptors (Lipinski definition) is 6. The van der Waals surface area contributed by atoms with E-state index in [0.717, 1.165) is 16.8 Å². The Bertz CT molecular complexity index is 1690. The van der Waals surface area contributed by atoms with Gasteiger partial charge in [0.1, 0.15) is 45.9 Å². The number of thioether (sulfide) groups is 1. The van der Waals surface area contributed by atoms with E-state index in [1.165, 1.54) is 31.4 Å². The summed E-state index contributed by atoms with van der Waals surface area (Å²) in [6.45, 7) is 0.0325. The number of carbonyl (C=O) groups is 2. The number of ether oxygens (including phenoxy) is 2. The first-order valence-electron chi connectivity index (χ1n) is 12.3. The highest BCUT2D eigenvalue weighted by molar-refractivity contribution is 8.14. The lowest BCUT2D eigenvalue weighted by atomic mass is 10.1. The zero-order valence-electron chi connectivity index (χ0n) is 21.8. The van der Waals surface area contributed by atoms with Gasteiger partial charge in [0, 0.05) is 28.8 Å². The van der Waals surface area contributed by atoms with Gasteiger partial charge in [0.2, 0.25) is 5.91 Å². The van der Waals surface area contributed by atoms with Crippen LogP contribution >= 0.6 is 11.8 Å². The molecule has 2 N–H and O–H groups in total. The van der Waals surface area contributed by atoms with E-state index in [0.29, 0.717) is 34.4 Å². The summed E-state index contributed by atoms with van der Waals surface area (Å²) in [5.74, 6) is -5.76. The predicted octanol–water partition coefficient (Wildman–Crippen LogP) is 6.18. The molecule has 1 aliphatic rings. The van der Waals surface area contributed by atoms with Gasteiger partial charge in [-0.1, -0.05) is 36.0 Å². The number of halogens is 4. The fourth-order valence-corrected chi connectivity index (χ4v) is 5.46. The predicted molar refractivity (Wildman–Crippen MR) is 148 cm³/mol. The van der Waals surface area contributed by atoms with Gasteiger partial charge in [-0.25, -0.2) is 22.6 Å².